The molecular formula is C19H26N4. The summed E-state index contributed by atoms with van der Waals surface area (Å²) in [6.07, 6.45) is 9.75. The van der Waals surface area contributed by atoms with Gasteiger partial charge in [0.05, 0.1) is 17.4 Å². The van der Waals surface area contributed by atoms with Gasteiger partial charge >= 0.3 is 0 Å². The molecule has 0 aliphatic heterocycles. The number of aromatic nitrogens is 3. The predicted octanol–water partition coefficient (Wildman–Crippen LogP) is 3.82. The first-order valence-electron chi connectivity index (χ1n) is 8.97. The molecule has 23 heavy (non-hydrogen) atoms. The molecule has 0 saturated heterocycles. The maximum absolute atomic E-state index is 5.62. The van der Waals surface area contributed by atoms with E-state index in [0.717, 1.165) is 30.3 Å². The molecule has 2 N–H and O–H groups in total. The van der Waals surface area contributed by atoms with Crippen molar-refractivity contribution >= 4 is 0 Å². The number of nitrogens with two attached hydrogens (primary N) is 1. The van der Waals surface area contributed by atoms with Crippen LogP contribution < -0.4 is 5.73 Å². The zero-order valence-electron chi connectivity index (χ0n) is 13.9. The Kier molecular flexibility index (Phi) is 3.93. The topological polar surface area (TPSA) is 56.7 Å². The monoisotopic (exact) mass is 310 g/mol. The normalized spacial score (nSPS) is 23.7. The van der Waals surface area contributed by atoms with E-state index in [2.05, 4.69) is 36.0 Å². The van der Waals surface area contributed by atoms with Crippen LogP contribution in [0.15, 0.2) is 24.4 Å². The van der Waals surface area contributed by atoms with Crippen molar-refractivity contribution < 1.29 is 0 Å². The average molecular weight is 310 g/mol. The van der Waals surface area contributed by atoms with Gasteiger partial charge in [-0.1, -0.05) is 6.07 Å². The third-order valence-corrected chi connectivity index (χ3v) is 5.29. The SMILES string of the molecule is Cc1cccc(-c2cn(C3CC(CCCN)C3)nc2C2CC2)n1. The molecule has 0 atom stereocenters. The Balaban J connectivity index is 1.55. The summed E-state index contributed by atoms with van der Waals surface area (Å²) >= 11 is 0. The molecule has 2 fully saturated rings. The Morgan fingerprint density at radius 3 is 2.78 bits per heavy atom. The zero-order chi connectivity index (χ0) is 15.8. The van der Waals surface area contributed by atoms with Crippen molar-refractivity contribution in [3.8, 4) is 11.3 Å². The lowest BCUT2D eigenvalue weighted by molar-refractivity contribution is 0.171. The minimum atomic E-state index is 0.578. The molecule has 0 bridgehead atoms. The molecule has 0 amide bonds. The van der Waals surface area contributed by atoms with Gasteiger partial charge in [0.1, 0.15) is 0 Å². The highest BCUT2D eigenvalue weighted by Gasteiger charge is 2.34. The summed E-state index contributed by atoms with van der Waals surface area (Å²) in [6, 6.07) is 6.84. The molecule has 0 aromatic carbocycles. The fraction of sp³-hybridized carbons (Fsp3) is 0.579. The van der Waals surface area contributed by atoms with E-state index in [9.17, 15) is 0 Å². The van der Waals surface area contributed by atoms with Crippen LogP contribution in [0.1, 0.15) is 61.9 Å². The van der Waals surface area contributed by atoms with E-state index in [0.29, 0.717) is 12.0 Å². The van der Waals surface area contributed by atoms with Gasteiger partial charge < -0.3 is 5.73 Å². The van der Waals surface area contributed by atoms with Gasteiger partial charge in [-0.2, -0.15) is 5.10 Å². The number of hydrogen-bond donors (Lipinski definition) is 1. The molecule has 2 aliphatic carbocycles. The van der Waals surface area contributed by atoms with Crippen LogP contribution in [0.3, 0.4) is 0 Å². The van der Waals surface area contributed by atoms with Crippen LogP contribution >= 0.6 is 0 Å². The fourth-order valence-electron chi connectivity index (χ4n) is 3.70. The molecule has 4 rings (SSSR count). The Hall–Kier alpha value is -1.68. The van der Waals surface area contributed by atoms with E-state index in [4.69, 9.17) is 15.8 Å². The highest BCUT2D eigenvalue weighted by atomic mass is 15.3. The molecule has 0 radical (unpaired) electrons. The van der Waals surface area contributed by atoms with Crippen LogP contribution in [0.4, 0.5) is 0 Å². The standard InChI is InChI=1S/C19H26N4/c1-13-4-2-6-18(21-13)17-12-23(22-19(17)15-7-8-15)16-10-14(11-16)5-3-9-20/h2,4,6,12,14-16H,3,5,7-11,20H2,1H3. The summed E-state index contributed by atoms with van der Waals surface area (Å²) in [5.74, 6) is 1.50. The molecule has 0 unspecified atom stereocenters. The average Bonchev–Trinajstić information content (AvgIpc) is 3.26. The van der Waals surface area contributed by atoms with Crippen molar-refractivity contribution in [2.75, 3.05) is 6.54 Å². The van der Waals surface area contributed by atoms with Gasteiger partial charge in [0.25, 0.3) is 0 Å². The second-order valence-electron chi connectivity index (χ2n) is 7.27. The van der Waals surface area contributed by atoms with Crippen LogP contribution in [0.5, 0.6) is 0 Å². The summed E-state index contributed by atoms with van der Waals surface area (Å²) in [7, 11) is 0. The summed E-state index contributed by atoms with van der Waals surface area (Å²) < 4.78 is 2.23. The van der Waals surface area contributed by atoms with E-state index >= 15 is 0 Å². The van der Waals surface area contributed by atoms with E-state index in [1.807, 2.05) is 0 Å². The van der Waals surface area contributed by atoms with Gasteiger partial charge in [0.2, 0.25) is 0 Å². The van der Waals surface area contributed by atoms with Crippen LogP contribution in [0.2, 0.25) is 0 Å². The van der Waals surface area contributed by atoms with E-state index in [-0.39, 0.29) is 0 Å². The molecule has 2 aliphatic rings. The molecule has 2 heterocycles. The first-order valence-corrected chi connectivity index (χ1v) is 8.97. The minimum absolute atomic E-state index is 0.578. The van der Waals surface area contributed by atoms with Crippen molar-refractivity contribution in [2.24, 2.45) is 11.7 Å². The summed E-state index contributed by atoms with van der Waals surface area (Å²) in [4.78, 5) is 4.72. The van der Waals surface area contributed by atoms with E-state index < -0.39 is 0 Å². The Morgan fingerprint density at radius 2 is 2.09 bits per heavy atom. The van der Waals surface area contributed by atoms with Crippen molar-refractivity contribution in [3.63, 3.8) is 0 Å². The second-order valence-corrected chi connectivity index (χ2v) is 7.27. The number of nitrogens with zero attached hydrogens (tertiary/aromatic N) is 3. The first-order chi connectivity index (χ1) is 11.2. The van der Waals surface area contributed by atoms with Gasteiger partial charge in [0.15, 0.2) is 0 Å². The molecule has 4 nitrogen and oxygen atoms in total. The molecule has 2 aromatic rings. The quantitative estimate of drug-likeness (QED) is 0.882. The highest BCUT2D eigenvalue weighted by Crippen LogP contribution is 2.46. The van der Waals surface area contributed by atoms with Gasteiger partial charge in [-0.3, -0.25) is 9.67 Å². The molecule has 4 heteroatoms. The van der Waals surface area contributed by atoms with Crippen molar-refractivity contribution in [2.45, 2.75) is 57.4 Å². The Labute approximate surface area is 138 Å². The van der Waals surface area contributed by atoms with Crippen LogP contribution in [0.25, 0.3) is 11.3 Å². The van der Waals surface area contributed by atoms with Crippen LogP contribution in [-0.2, 0) is 0 Å². The molecule has 2 saturated carbocycles. The number of hydrogen-bond acceptors (Lipinski definition) is 3. The van der Waals surface area contributed by atoms with Gasteiger partial charge in [0, 0.05) is 23.4 Å². The van der Waals surface area contributed by atoms with Gasteiger partial charge in [-0.25, -0.2) is 0 Å². The lowest BCUT2D eigenvalue weighted by Gasteiger charge is -2.35. The van der Waals surface area contributed by atoms with Gasteiger partial charge in [-0.15, -0.1) is 0 Å². The Bertz CT molecular complexity index is 680. The summed E-state index contributed by atoms with van der Waals surface area (Å²) in [5.41, 5.74) is 10.3. The third-order valence-electron chi connectivity index (χ3n) is 5.29. The summed E-state index contributed by atoms with van der Waals surface area (Å²) in [5, 5.41) is 4.97. The number of aryl methyl sites for hydroxylation is 1. The Morgan fingerprint density at radius 1 is 1.26 bits per heavy atom. The maximum Gasteiger partial charge on any atom is 0.0749 e. The highest BCUT2D eigenvalue weighted by molar-refractivity contribution is 5.62. The first kappa shape index (κ1) is 14.9. The van der Waals surface area contributed by atoms with E-state index in [1.165, 1.54) is 43.4 Å². The summed E-state index contributed by atoms with van der Waals surface area (Å²) in [6.45, 7) is 2.87. The molecule has 0 spiro atoms. The molecule has 122 valence electrons. The zero-order valence-corrected chi connectivity index (χ0v) is 13.9. The van der Waals surface area contributed by atoms with E-state index in [1.54, 1.807) is 0 Å². The lowest BCUT2D eigenvalue weighted by atomic mass is 9.77. The number of rotatable bonds is 6. The van der Waals surface area contributed by atoms with Crippen molar-refractivity contribution in [1.82, 2.24) is 14.8 Å². The lowest BCUT2D eigenvalue weighted by Crippen LogP contribution is -2.27. The third kappa shape index (κ3) is 3.05. The smallest absolute Gasteiger partial charge is 0.0749 e. The second kappa shape index (κ2) is 6.08. The fourth-order valence-corrected chi connectivity index (χ4v) is 3.70. The maximum atomic E-state index is 5.62. The van der Waals surface area contributed by atoms with Crippen molar-refractivity contribution in [3.05, 3.63) is 35.8 Å². The van der Waals surface area contributed by atoms with Crippen LogP contribution in [-0.4, -0.2) is 21.3 Å². The number of pyridine rings is 1. The largest absolute Gasteiger partial charge is 0.330 e. The van der Waals surface area contributed by atoms with Crippen LogP contribution in [0, 0.1) is 12.8 Å². The molecular weight excluding hydrogens is 284 g/mol. The predicted molar refractivity (Wildman–Crippen MR) is 92.2 cm³/mol. The minimum Gasteiger partial charge on any atom is -0.330 e. The van der Waals surface area contributed by atoms with Gasteiger partial charge in [-0.05, 0) is 70.0 Å². The molecule has 2 aromatic heterocycles. The van der Waals surface area contributed by atoms with Crippen molar-refractivity contribution in [1.29, 1.82) is 0 Å².